The molecule has 0 amide bonds. The van der Waals surface area contributed by atoms with E-state index in [1.54, 1.807) is 0 Å². The lowest BCUT2D eigenvalue weighted by atomic mass is 10.0. The Labute approximate surface area is 109 Å². The van der Waals surface area contributed by atoms with Crippen LogP contribution in [0.1, 0.15) is 36.3 Å². The Morgan fingerprint density at radius 3 is 2.18 bits per heavy atom. The van der Waals surface area contributed by atoms with E-state index < -0.39 is 0 Å². The van der Waals surface area contributed by atoms with Gasteiger partial charge in [0.2, 0.25) is 0 Å². The second kappa shape index (κ2) is 7.00. The number of aliphatic hydroxyl groups excluding tert-OH is 1. The van der Waals surface area contributed by atoms with Gasteiger partial charge in [-0.05, 0) is 24.1 Å². The molecule has 0 bridgehead atoms. The Morgan fingerprint density at radius 2 is 1.71 bits per heavy atom. The van der Waals surface area contributed by atoms with Crippen LogP contribution < -0.4 is 0 Å². The van der Waals surface area contributed by atoms with Crippen molar-refractivity contribution in [1.29, 1.82) is 0 Å². The van der Waals surface area contributed by atoms with Crippen LogP contribution in [0.15, 0.2) is 24.3 Å². The maximum atomic E-state index is 8.83. The molecule has 0 saturated carbocycles. The second-order valence-electron chi connectivity index (χ2n) is 4.77. The molecule has 0 aromatic heterocycles. The van der Waals surface area contributed by atoms with E-state index in [9.17, 15) is 0 Å². The minimum absolute atomic E-state index is 0.0206. The van der Waals surface area contributed by atoms with Gasteiger partial charge in [-0.2, -0.15) is 0 Å². The lowest BCUT2D eigenvalue weighted by Crippen LogP contribution is -2.25. The summed E-state index contributed by atoms with van der Waals surface area (Å²) in [6.07, 6.45) is 0. The molecule has 1 aromatic rings. The Morgan fingerprint density at radius 1 is 1.18 bits per heavy atom. The first-order valence-corrected chi connectivity index (χ1v) is 6.51. The highest BCUT2D eigenvalue weighted by molar-refractivity contribution is 6.21. The van der Waals surface area contributed by atoms with Crippen molar-refractivity contribution in [1.82, 2.24) is 4.90 Å². The average molecular weight is 256 g/mol. The predicted octanol–water partition coefficient (Wildman–Crippen LogP) is 3.01. The quantitative estimate of drug-likeness (QED) is 0.790. The molecular formula is C14H22ClNO. The molecule has 1 aromatic carbocycles. The number of benzene rings is 1. The third-order valence-electron chi connectivity index (χ3n) is 2.92. The van der Waals surface area contributed by atoms with Crippen molar-refractivity contribution in [2.75, 3.05) is 26.7 Å². The Hall–Kier alpha value is -0.570. The van der Waals surface area contributed by atoms with Crippen LogP contribution >= 0.6 is 11.6 Å². The van der Waals surface area contributed by atoms with Gasteiger partial charge in [0.15, 0.2) is 0 Å². The summed E-state index contributed by atoms with van der Waals surface area (Å²) in [5, 5.41) is 8.81. The van der Waals surface area contributed by atoms with E-state index in [1.165, 1.54) is 5.56 Å². The molecular weight excluding hydrogens is 234 g/mol. The molecule has 1 N–H and O–H groups in total. The summed E-state index contributed by atoms with van der Waals surface area (Å²) >= 11 is 6.35. The van der Waals surface area contributed by atoms with E-state index in [0.29, 0.717) is 12.5 Å². The van der Waals surface area contributed by atoms with Crippen molar-refractivity contribution in [2.24, 2.45) is 0 Å². The zero-order chi connectivity index (χ0) is 12.8. The van der Waals surface area contributed by atoms with Crippen molar-refractivity contribution in [2.45, 2.75) is 25.1 Å². The summed E-state index contributed by atoms with van der Waals surface area (Å²) in [5.41, 5.74) is 2.47. The van der Waals surface area contributed by atoms with Gasteiger partial charge in [-0.3, -0.25) is 0 Å². The Kier molecular flexibility index (Phi) is 5.96. The first kappa shape index (κ1) is 14.5. The van der Waals surface area contributed by atoms with Gasteiger partial charge in [0.05, 0.1) is 12.0 Å². The maximum Gasteiger partial charge on any atom is 0.0712 e. The molecule has 0 aliphatic rings. The van der Waals surface area contributed by atoms with Gasteiger partial charge < -0.3 is 10.0 Å². The van der Waals surface area contributed by atoms with Crippen LogP contribution in [0.2, 0.25) is 0 Å². The fourth-order valence-electron chi connectivity index (χ4n) is 1.73. The van der Waals surface area contributed by atoms with Crippen molar-refractivity contribution in [3.05, 3.63) is 35.4 Å². The monoisotopic (exact) mass is 255 g/mol. The van der Waals surface area contributed by atoms with Crippen LogP contribution in [0.4, 0.5) is 0 Å². The molecule has 0 spiro atoms. The first-order chi connectivity index (χ1) is 8.04. The summed E-state index contributed by atoms with van der Waals surface area (Å²) in [7, 11) is 1.97. The first-order valence-electron chi connectivity index (χ1n) is 6.08. The van der Waals surface area contributed by atoms with Crippen LogP contribution in [0, 0.1) is 0 Å². The fraction of sp³-hybridized carbons (Fsp3) is 0.571. The minimum atomic E-state index is -0.0206. The second-order valence-corrected chi connectivity index (χ2v) is 5.30. The number of rotatable bonds is 6. The number of hydrogen-bond acceptors (Lipinski definition) is 2. The van der Waals surface area contributed by atoms with Gasteiger partial charge in [0, 0.05) is 13.1 Å². The molecule has 3 heteroatoms. The van der Waals surface area contributed by atoms with Crippen LogP contribution in [-0.2, 0) is 0 Å². The molecule has 0 saturated heterocycles. The van der Waals surface area contributed by atoms with Crippen molar-refractivity contribution < 1.29 is 5.11 Å². The topological polar surface area (TPSA) is 23.5 Å². The number of hydrogen-bond donors (Lipinski definition) is 1. The number of alkyl halides is 1. The van der Waals surface area contributed by atoms with Crippen molar-refractivity contribution >= 4 is 11.6 Å². The molecule has 2 nitrogen and oxygen atoms in total. The number of nitrogens with zero attached hydrogens (tertiary/aromatic N) is 1. The van der Waals surface area contributed by atoms with E-state index in [0.717, 1.165) is 12.1 Å². The molecule has 1 rings (SSSR count). The lowest BCUT2D eigenvalue weighted by Gasteiger charge is -2.19. The van der Waals surface area contributed by atoms with E-state index in [1.807, 2.05) is 11.9 Å². The van der Waals surface area contributed by atoms with Crippen LogP contribution in [0.25, 0.3) is 0 Å². The van der Waals surface area contributed by atoms with Gasteiger partial charge >= 0.3 is 0 Å². The SMILES string of the molecule is CC(C)c1ccc(C(Cl)CN(C)CCO)cc1. The van der Waals surface area contributed by atoms with Gasteiger partial charge in [-0.1, -0.05) is 38.1 Å². The summed E-state index contributed by atoms with van der Waals surface area (Å²) < 4.78 is 0. The fourth-order valence-corrected chi connectivity index (χ4v) is 2.11. The van der Waals surface area contributed by atoms with Crippen molar-refractivity contribution in [3.63, 3.8) is 0 Å². The van der Waals surface area contributed by atoms with E-state index >= 15 is 0 Å². The zero-order valence-corrected chi connectivity index (χ0v) is 11.6. The van der Waals surface area contributed by atoms with E-state index in [-0.39, 0.29) is 12.0 Å². The largest absolute Gasteiger partial charge is 0.395 e. The standard InChI is InChI=1S/C14H22ClNO/c1-11(2)12-4-6-13(7-5-12)14(15)10-16(3)8-9-17/h4-7,11,14,17H,8-10H2,1-3H3. The molecule has 0 fully saturated rings. The molecule has 96 valence electrons. The predicted molar refractivity (Wildman–Crippen MR) is 73.7 cm³/mol. The summed E-state index contributed by atoms with van der Waals surface area (Å²) in [6, 6.07) is 8.47. The van der Waals surface area contributed by atoms with Gasteiger partial charge in [-0.15, -0.1) is 11.6 Å². The molecule has 0 aliphatic carbocycles. The van der Waals surface area contributed by atoms with Crippen LogP contribution in [-0.4, -0.2) is 36.8 Å². The molecule has 0 heterocycles. The highest BCUT2D eigenvalue weighted by Gasteiger charge is 2.11. The van der Waals surface area contributed by atoms with Gasteiger partial charge in [-0.25, -0.2) is 0 Å². The molecule has 1 unspecified atom stereocenters. The van der Waals surface area contributed by atoms with Crippen LogP contribution in [0.5, 0.6) is 0 Å². The molecule has 0 radical (unpaired) electrons. The third kappa shape index (κ3) is 4.66. The van der Waals surface area contributed by atoms with Gasteiger partial charge in [0.25, 0.3) is 0 Å². The smallest absolute Gasteiger partial charge is 0.0712 e. The Bertz CT molecular complexity index is 323. The van der Waals surface area contributed by atoms with E-state index in [4.69, 9.17) is 16.7 Å². The number of halogens is 1. The number of likely N-dealkylation sites (N-methyl/N-ethyl adjacent to an activating group) is 1. The van der Waals surface area contributed by atoms with Crippen molar-refractivity contribution in [3.8, 4) is 0 Å². The number of aliphatic hydroxyl groups is 1. The molecule has 17 heavy (non-hydrogen) atoms. The molecule has 1 atom stereocenters. The van der Waals surface area contributed by atoms with Gasteiger partial charge in [0.1, 0.15) is 0 Å². The lowest BCUT2D eigenvalue weighted by molar-refractivity contribution is 0.221. The van der Waals surface area contributed by atoms with Crippen LogP contribution in [0.3, 0.4) is 0 Å². The molecule has 0 aliphatic heterocycles. The maximum absolute atomic E-state index is 8.83. The zero-order valence-electron chi connectivity index (χ0n) is 10.9. The van der Waals surface area contributed by atoms with E-state index in [2.05, 4.69) is 38.1 Å². The summed E-state index contributed by atoms with van der Waals surface area (Å²) in [6.45, 7) is 5.95. The normalized spacial score (nSPS) is 13.4. The Balaban J connectivity index is 2.60. The summed E-state index contributed by atoms with van der Waals surface area (Å²) in [4.78, 5) is 2.04. The minimum Gasteiger partial charge on any atom is -0.395 e. The highest BCUT2D eigenvalue weighted by Crippen LogP contribution is 2.23. The third-order valence-corrected chi connectivity index (χ3v) is 3.31. The highest BCUT2D eigenvalue weighted by atomic mass is 35.5. The average Bonchev–Trinajstić information content (AvgIpc) is 2.29. The summed E-state index contributed by atoms with van der Waals surface area (Å²) in [5.74, 6) is 0.551.